The van der Waals surface area contributed by atoms with Crippen LogP contribution in [-0.2, 0) is 0 Å². The van der Waals surface area contributed by atoms with Gasteiger partial charge in [-0.05, 0) is 25.1 Å². The molecular formula is C20H20N4O3. The predicted molar refractivity (Wildman–Crippen MR) is 103 cm³/mol. The first-order valence-corrected chi connectivity index (χ1v) is 8.29. The number of nitrogens with one attached hydrogen (secondary N) is 2. The minimum absolute atomic E-state index is 0.320. The average Bonchev–Trinajstić information content (AvgIpc) is 3.18. The van der Waals surface area contributed by atoms with Crippen molar-refractivity contribution in [3.8, 4) is 22.8 Å². The first kappa shape index (κ1) is 18.2. The van der Waals surface area contributed by atoms with Crippen molar-refractivity contribution in [1.29, 1.82) is 0 Å². The van der Waals surface area contributed by atoms with Gasteiger partial charge in [-0.1, -0.05) is 35.9 Å². The smallest absolute Gasteiger partial charge is 0.289 e. The quantitative estimate of drug-likeness (QED) is 0.519. The number of amides is 1. The third-order valence-electron chi connectivity index (χ3n) is 3.97. The second kappa shape index (κ2) is 8.18. The van der Waals surface area contributed by atoms with Crippen LogP contribution in [0.25, 0.3) is 11.3 Å². The van der Waals surface area contributed by atoms with E-state index >= 15 is 0 Å². The molecule has 3 rings (SSSR count). The standard InChI is InChI=1S/C20H20N4O3/c1-13-7-9-14(10-8-13)16-11-17(23-22-16)20(25)24-21-12-15-5-4-6-18(26-2)19(15)27-3/h4-12H,1-3H3,(H,22,23)(H,24,25)/b21-12-. The molecule has 2 N–H and O–H groups in total. The highest BCUT2D eigenvalue weighted by Crippen LogP contribution is 2.29. The molecule has 0 atom stereocenters. The molecule has 0 aliphatic heterocycles. The predicted octanol–water partition coefficient (Wildman–Crippen LogP) is 3.17. The van der Waals surface area contributed by atoms with Gasteiger partial charge in [0.2, 0.25) is 0 Å². The van der Waals surface area contributed by atoms with E-state index in [1.807, 2.05) is 43.3 Å². The zero-order chi connectivity index (χ0) is 19.2. The Morgan fingerprint density at radius 3 is 2.63 bits per heavy atom. The van der Waals surface area contributed by atoms with Crippen LogP contribution < -0.4 is 14.9 Å². The van der Waals surface area contributed by atoms with Gasteiger partial charge in [0.05, 0.1) is 26.1 Å². The zero-order valence-corrected chi connectivity index (χ0v) is 15.3. The number of carbonyl (C=O) groups is 1. The number of hydrazone groups is 1. The lowest BCUT2D eigenvalue weighted by atomic mass is 10.1. The number of benzene rings is 2. The molecule has 0 unspecified atom stereocenters. The fraction of sp³-hybridized carbons (Fsp3) is 0.150. The molecule has 1 amide bonds. The molecule has 0 spiro atoms. The van der Waals surface area contributed by atoms with Crippen LogP contribution in [0.2, 0.25) is 0 Å². The minimum Gasteiger partial charge on any atom is -0.493 e. The van der Waals surface area contributed by atoms with Gasteiger partial charge < -0.3 is 9.47 Å². The number of hydrogen-bond acceptors (Lipinski definition) is 5. The Labute approximate surface area is 157 Å². The molecule has 0 saturated carbocycles. The van der Waals surface area contributed by atoms with E-state index in [0.29, 0.717) is 28.5 Å². The normalized spacial score (nSPS) is 10.8. The number of aromatic amines is 1. The third-order valence-corrected chi connectivity index (χ3v) is 3.97. The molecule has 7 heteroatoms. The van der Waals surface area contributed by atoms with E-state index in [9.17, 15) is 4.79 Å². The molecule has 2 aromatic carbocycles. The highest BCUT2D eigenvalue weighted by molar-refractivity contribution is 5.94. The number of methoxy groups -OCH3 is 2. The lowest BCUT2D eigenvalue weighted by molar-refractivity contribution is 0.0950. The maximum absolute atomic E-state index is 12.3. The lowest BCUT2D eigenvalue weighted by Crippen LogP contribution is -2.18. The largest absolute Gasteiger partial charge is 0.493 e. The van der Waals surface area contributed by atoms with Crippen molar-refractivity contribution < 1.29 is 14.3 Å². The molecule has 138 valence electrons. The molecule has 7 nitrogen and oxygen atoms in total. The number of rotatable bonds is 6. The van der Waals surface area contributed by atoms with Gasteiger partial charge in [-0.2, -0.15) is 10.2 Å². The van der Waals surface area contributed by atoms with Crippen molar-refractivity contribution >= 4 is 12.1 Å². The first-order valence-electron chi connectivity index (χ1n) is 8.29. The van der Waals surface area contributed by atoms with Gasteiger partial charge in [0.25, 0.3) is 5.91 Å². The van der Waals surface area contributed by atoms with E-state index in [1.54, 1.807) is 26.4 Å². The summed E-state index contributed by atoms with van der Waals surface area (Å²) in [6, 6.07) is 15.0. The van der Waals surface area contributed by atoms with Crippen molar-refractivity contribution in [1.82, 2.24) is 15.6 Å². The summed E-state index contributed by atoms with van der Waals surface area (Å²) in [6.45, 7) is 2.02. The molecule has 0 aliphatic carbocycles. The first-order chi connectivity index (χ1) is 13.1. The molecule has 0 fully saturated rings. The molecule has 1 heterocycles. The summed E-state index contributed by atoms with van der Waals surface area (Å²) >= 11 is 0. The van der Waals surface area contributed by atoms with Crippen LogP contribution in [-0.4, -0.2) is 36.5 Å². The maximum atomic E-state index is 12.3. The monoisotopic (exact) mass is 364 g/mol. The van der Waals surface area contributed by atoms with E-state index in [2.05, 4.69) is 20.7 Å². The number of H-pyrrole nitrogens is 1. The van der Waals surface area contributed by atoms with Crippen LogP contribution >= 0.6 is 0 Å². The van der Waals surface area contributed by atoms with Gasteiger partial charge in [0.15, 0.2) is 11.5 Å². The number of aryl methyl sites for hydroxylation is 1. The van der Waals surface area contributed by atoms with Gasteiger partial charge in [0, 0.05) is 11.1 Å². The SMILES string of the molecule is COc1cccc(/C=N\NC(=O)c2cc(-c3ccc(C)cc3)n[nH]2)c1OC. The van der Waals surface area contributed by atoms with Gasteiger partial charge in [0.1, 0.15) is 5.69 Å². The highest BCUT2D eigenvalue weighted by atomic mass is 16.5. The Bertz CT molecular complexity index is 962. The van der Waals surface area contributed by atoms with Crippen molar-refractivity contribution in [3.05, 3.63) is 65.4 Å². The maximum Gasteiger partial charge on any atom is 0.289 e. The molecule has 27 heavy (non-hydrogen) atoms. The summed E-state index contributed by atoms with van der Waals surface area (Å²) in [7, 11) is 3.11. The van der Waals surface area contributed by atoms with Gasteiger partial charge in [-0.25, -0.2) is 5.43 Å². The molecule has 0 aliphatic rings. The van der Waals surface area contributed by atoms with Gasteiger partial charge >= 0.3 is 0 Å². The fourth-order valence-electron chi connectivity index (χ4n) is 2.54. The number of hydrogen-bond donors (Lipinski definition) is 2. The average molecular weight is 364 g/mol. The molecule has 0 saturated heterocycles. The zero-order valence-electron chi connectivity index (χ0n) is 15.3. The Morgan fingerprint density at radius 2 is 1.93 bits per heavy atom. The van der Waals surface area contributed by atoms with E-state index in [0.717, 1.165) is 11.1 Å². The number of ether oxygens (including phenoxy) is 2. The Hall–Kier alpha value is -3.61. The van der Waals surface area contributed by atoms with E-state index in [-0.39, 0.29) is 5.91 Å². The van der Waals surface area contributed by atoms with Gasteiger partial charge in [-0.3, -0.25) is 9.89 Å². The van der Waals surface area contributed by atoms with Crippen LogP contribution in [0.15, 0.2) is 53.6 Å². The Balaban J connectivity index is 1.70. The number of carbonyl (C=O) groups excluding carboxylic acids is 1. The number of aromatic nitrogens is 2. The molecule has 0 radical (unpaired) electrons. The van der Waals surface area contributed by atoms with Crippen molar-refractivity contribution in [2.24, 2.45) is 5.10 Å². The molecular weight excluding hydrogens is 344 g/mol. The fourth-order valence-corrected chi connectivity index (χ4v) is 2.54. The number of nitrogens with zero attached hydrogens (tertiary/aromatic N) is 2. The van der Waals surface area contributed by atoms with E-state index < -0.39 is 0 Å². The van der Waals surface area contributed by atoms with Crippen LogP contribution in [0.3, 0.4) is 0 Å². The third kappa shape index (κ3) is 4.14. The number of para-hydroxylation sites is 1. The van der Waals surface area contributed by atoms with Crippen molar-refractivity contribution in [2.75, 3.05) is 14.2 Å². The summed E-state index contributed by atoms with van der Waals surface area (Å²) in [4.78, 5) is 12.3. The Kier molecular flexibility index (Phi) is 5.51. The summed E-state index contributed by atoms with van der Waals surface area (Å²) in [5.74, 6) is 0.740. The van der Waals surface area contributed by atoms with E-state index in [4.69, 9.17) is 9.47 Å². The lowest BCUT2D eigenvalue weighted by Gasteiger charge is -2.09. The second-order valence-electron chi connectivity index (χ2n) is 5.81. The molecule has 1 aromatic heterocycles. The summed E-state index contributed by atoms with van der Waals surface area (Å²) < 4.78 is 10.6. The molecule has 3 aromatic rings. The van der Waals surface area contributed by atoms with Crippen molar-refractivity contribution in [2.45, 2.75) is 6.92 Å². The van der Waals surface area contributed by atoms with E-state index in [1.165, 1.54) is 6.21 Å². The molecule has 0 bridgehead atoms. The summed E-state index contributed by atoms with van der Waals surface area (Å²) in [5, 5.41) is 10.9. The Morgan fingerprint density at radius 1 is 1.15 bits per heavy atom. The van der Waals surface area contributed by atoms with Crippen LogP contribution in [0.4, 0.5) is 0 Å². The van der Waals surface area contributed by atoms with Gasteiger partial charge in [-0.15, -0.1) is 0 Å². The van der Waals surface area contributed by atoms with Crippen LogP contribution in [0.1, 0.15) is 21.6 Å². The highest BCUT2D eigenvalue weighted by Gasteiger charge is 2.11. The van der Waals surface area contributed by atoms with Crippen LogP contribution in [0.5, 0.6) is 11.5 Å². The summed E-state index contributed by atoms with van der Waals surface area (Å²) in [5.41, 5.74) is 6.26. The second-order valence-corrected chi connectivity index (χ2v) is 5.81. The minimum atomic E-state index is -0.390. The topological polar surface area (TPSA) is 88.6 Å². The van der Waals surface area contributed by atoms with Crippen molar-refractivity contribution in [3.63, 3.8) is 0 Å². The van der Waals surface area contributed by atoms with Crippen LogP contribution in [0, 0.1) is 6.92 Å². The summed E-state index contributed by atoms with van der Waals surface area (Å²) in [6.07, 6.45) is 1.50.